The molecule has 2 aromatic carbocycles. The third-order valence-electron chi connectivity index (χ3n) is 3.71. The van der Waals surface area contributed by atoms with Gasteiger partial charge >= 0.3 is 0 Å². The number of pyridine rings is 1. The van der Waals surface area contributed by atoms with Gasteiger partial charge in [-0.05, 0) is 60.7 Å². The minimum Gasteiger partial charge on any atom is -0.322 e. The highest BCUT2D eigenvalue weighted by atomic mass is 79.9. The number of rotatable bonds is 4. The fourth-order valence-corrected chi connectivity index (χ4v) is 3.49. The van der Waals surface area contributed by atoms with Crippen molar-refractivity contribution < 1.29 is 4.79 Å². The van der Waals surface area contributed by atoms with E-state index in [9.17, 15) is 4.79 Å². The molecule has 26 heavy (non-hydrogen) atoms. The van der Waals surface area contributed by atoms with E-state index in [0.717, 1.165) is 20.0 Å². The molecular formula is C19H13BrN4OS. The normalized spacial score (nSPS) is 10.8. The molecule has 0 radical (unpaired) electrons. The number of hydrogen-bond donors (Lipinski definition) is 1. The fourth-order valence-electron chi connectivity index (χ4n) is 2.41. The Morgan fingerprint density at radius 3 is 2.38 bits per heavy atom. The SMILES string of the molecule is O=C(Nc1ccc(Sc2ccc(Br)cc2)cc1)c1ccc2nncn2c1. The van der Waals surface area contributed by atoms with Gasteiger partial charge in [0.2, 0.25) is 0 Å². The number of fused-ring (bicyclic) bond motifs is 1. The van der Waals surface area contributed by atoms with Crippen LogP contribution in [0, 0.1) is 0 Å². The maximum Gasteiger partial charge on any atom is 0.257 e. The van der Waals surface area contributed by atoms with Gasteiger partial charge in [0.25, 0.3) is 5.91 Å². The van der Waals surface area contributed by atoms with Crippen LogP contribution in [0.15, 0.2) is 87.5 Å². The largest absolute Gasteiger partial charge is 0.322 e. The van der Waals surface area contributed by atoms with Crippen molar-refractivity contribution in [3.8, 4) is 0 Å². The van der Waals surface area contributed by atoms with Crippen molar-refractivity contribution in [3.05, 3.63) is 83.2 Å². The van der Waals surface area contributed by atoms with Gasteiger partial charge < -0.3 is 5.32 Å². The summed E-state index contributed by atoms with van der Waals surface area (Å²) in [6.07, 6.45) is 3.28. The molecule has 0 unspecified atom stereocenters. The molecule has 0 fully saturated rings. The zero-order valence-electron chi connectivity index (χ0n) is 13.5. The number of hydrogen-bond acceptors (Lipinski definition) is 4. The van der Waals surface area contributed by atoms with E-state index in [-0.39, 0.29) is 5.91 Å². The van der Waals surface area contributed by atoms with E-state index in [0.29, 0.717) is 11.2 Å². The Morgan fingerprint density at radius 2 is 1.65 bits per heavy atom. The van der Waals surface area contributed by atoms with Crippen LogP contribution in [0.5, 0.6) is 0 Å². The number of benzene rings is 2. The minimum absolute atomic E-state index is 0.172. The lowest BCUT2D eigenvalue weighted by Crippen LogP contribution is -2.12. The Labute approximate surface area is 162 Å². The zero-order valence-corrected chi connectivity index (χ0v) is 15.9. The lowest BCUT2D eigenvalue weighted by atomic mass is 10.2. The van der Waals surface area contributed by atoms with Crippen molar-refractivity contribution in [1.29, 1.82) is 0 Å². The number of anilines is 1. The summed E-state index contributed by atoms with van der Waals surface area (Å²) >= 11 is 5.11. The van der Waals surface area contributed by atoms with Gasteiger partial charge in [0.15, 0.2) is 5.65 Å². The molecule has 1 amide bonds. The van der Waals surface area contributed by atoms with E-state index in [2.05, 4.69) is 43.6 Å². The Bertz CT molecular complexity index is 1060. The molecule has 0 saturated heterocycles. The quantitative estimate of drug-likeness (QED) is 0.506. The third-order valence-corrected chi connectivity index (χ3v) is 5.26. The first-order valence-corrected chi connectivity index (χ1v) is 9.42. The van der Waals surface area contributed by atoms with Crippen LogP contribution < -0.4 is 5.32 Å². The van der Waals surface area contributed by atoms with Gasteiger partial charge in [-0.1, -0.05) is 27.7 Å². The summed E-state index contributed by atoms with van der Waals surface area (Å²) in [6.45, 7) is 0. The summed E-state index contributed by atoms with van der Waals surface area (Å²) in [4.78, 5) is 14.7. The highest BCUT2D eigenvalue weighted by Gasteiger charge is 2.08. The van der Waals surface area contributed by atoms with Crippen LogP contribution in [0.25, 0.3) is 5.65 Å². The Hall–Kier alpha value is -2.64. The van der Waals surface area contributed by atoms with E-state index in [1.165, 1.54) is 0 Å². The summed E-state index contributed by atoms with van der Waals surface area (Å²) in [5.74, 6) is -0.172. The molecule has 0 aliphatic carbocycles. The summed E-state index contributed by atoms with van der Waals surface area (Å²) in [6, 6.07) is 19.4. The second-order valence-electron chi connectivity index (χ2n) is 5.55. The lowest BCUT2D eigenvalue weighted by Gasteiger charge is -2.07. The lowest BCUT2D eigenvalue weighted by molar-refractivity contribution is 0.102. The highest BCUT2D eigenvalue weighted by molar-refractivity contribution is 9.10. The van der Waals surface area contributed by atoms with Crippen LogP contribution >= 0.6 is 27.7 Å². The average molecular weight is 425 g/mol. The van der Waals surface area contributed by atoms with E-state index in [4.69, 9.17) is 0 Å². The predicted molar refractivity (Wildman–Crippen MR) is 106 cm³/mol. The minimum atomic E-state index is -0.172. The molecule has 1 N–H and O–H groups in total. The monoisotopic (exact) mass is 424 g/mol. The van der Waals surface area contributed by atoms with E-state index in [1.807, 2.05) is 36.4 Å². The topological polar surface area (TPSA) is 59.3 Å². The van der Waals surface area contributed by atoms with Crippen molar-refractivity contribution in [3.63, 3.8) is 0 Å². The average Bonchev–Trinajstić information content (AvgIpc) is 3.13. The number of nitrogens with one attached hydrogen (secondary N) is 1. The molecule has 0 aliphatic rings. The Balaban J connectivity index is 1.44. The van der Waals surface area contributed by atoms with Gasteiger partial charge in [-0.15, -0.1) is 10.2 Å². The summed E-state index contributed by atoms with van der Waals surface area (Å²) in [7, 11) is 0. The maximum atomic E-state index is 12.4. The van der Waals surface area contributed by atoms with Gasteiger partial charge in [-0.2, -0.15) is 0 Å². The Kier molecular flexibility index (Phi) is 4.73. The number of carbonyl (C=O) groups excluding carboxylic acids is 1. The Morgan fingerprint density at radius 1 is 0.962 bits per heavy atom. The predicted octanol–water partition coefficient (Wildman–Crippen LogP) is 4.90. The molecule has 5 nitrogen and oxygen atoms in total. The molecule has 4 aromatic rings. The standard InChI is InChI=1S/C19H13BrN4OS/c20-14-2-6-16(7-3-14)26-17-8-4-15(5-9-17)22-19(25)13-1-10-18-23-21-12-24(18)11-13/h1-12H,(H,22,25). The van der Waals surface area contributed by atoms with Gasteiger partial charge in [0, 0.05) is 26.1 Å². The van der Waals surface area contributed by atoms with Gasteiger partial charge in [0.1, 0.15) is 6.33 Å². The van der Waals surface area contributed by atoms with E-state index in [1.54, 1.807) is 40.8 Å². The van der Waals surface area contributed by atoms with Gasteiger partial charge in [-0.25, -0.2) is 0 Å². The second-order valence-corrected chi connectivity index (χ2v) is 7.61. The van der Waals surface area contributed by atoms with E-state index >= 15 is 0 Å². The molecule has 7 heteroatoms. The molecule has 0 atom stereocenters. The van der Waals surface area contributed by atoms with Crippen LogP contribution in [-0.2, 0) is 0 Å². The van der Waals surface area contributed by atoms with Gasteiger partial charge in [0.05, 0.1) is 5.56 Å². The van der Waals surface area contributed by atoms with Crippen molar-refractivity contribution in [2.24, 2.45) is 0 Å². The molecule has 0 saturated carbocycles. The van der Waals surface area contributed by atoms with Crippen molar-refractivity contribution in [1.82, 2.24) is 14.6 Å². The first kappa shape index (κ1) is 16.8. The molecule has 2 heterocycles. The molecule has 4 rings (SSSR count). The van der Waals surface area contributed by atoms with Gasteiger partial charge in [-0.3, -0.25) is 9.20 Å². The zero-order chi connectivity index (χ0) is 17.9. The number of carbonyl (C=O) groups is 1. The fraction of sp³-hybridized carbons (Fsp3) is 0. The third kappa shape index (κ3) is 3.79. The van der Waals surface area contributed by atoms with Crippen LogP contribution in [0.1, 0.15) is 10.4 Å². The number of halogens is 1. The molecule has 2 aromatic heterocycles. The van der Waals surface area contributed by atoms with Crippen LogP contribution in [0.2, 0.25) is 0 Å². The molecule has 128 valence electrons. The number of aromatic nitrogens is 3. The summed E-state index contributed by atoms with van der Waals surface area (Å²) in [5, 5.41) is 10.6. The molecule has 0 bridgehead atoms. The molecule has 0 spiro atoms. The second kappa shape index (κ2) is 7.31. The summed E-state index contributed by atoms with van der Waals surface area (Å²) < 4.78 is 2.77. The van der Waals surface area contributed by atoms with E-state index < -0.39 is 0 Å². The van der Waals surface area contributed by atoms with Crippen LogP contribution in [0.4, 0.5) is 5.69 Å². The van der Waals surface area contributed by atoms with Crippen molar-refractivity contribution in [2.75, 3.05) is 5.32 Å². The van der Waals surface area contributed by atoms with Crippen LogP contribution in [0.3, 0.4) is 0 Å². The smallest absolute Gasteiger partial charge is 0.257 e. The van der Waals surface area contributed by atoms with Crippen molar-refractivity contribution >= 4 is 44.9 Å². The maximum absolute atomic E-state index is 12.4. The number of amides is 1. The molecular weight excluding hydrogens is 412 g/mol. The molecule has 0 aliphatic heterocycles. The summed E-state index contributed by atoms with van der Waals surface area (Å²) in [5.41, 5.74) is 2.00. The number of nitrogens with zero attached hydrogens (tertiary/aromatic N) is 3. The van der Waals surface area contributed by atoms with Crippen LogP contribution in [-0.4, -0.2) is 20.5 Å². The van der Waals surface area contributed by atoms with Crippen molar-refractivity contribution in [2.45, 2.75) is 9.79 Å². The highest BCUT2D eigenvalue weighted by Crippen LogP contribution is 2.29. The first-order chi connectivity index (χ1) is 12.7. The first-order valence-electron chi connectivity index (χ1n) is 7.82.